The molecule has 0 bridgehead atoms. The van der Waals surface area contributed by atoms with Crippen LogP contribution in [0.5, 0.6) is 0 Å². The van der Waals surface area contributed by atoms with E-state index in [1.54, 1.807) is 12.3 Å². The zero-order chi connectivity index (χ0) is 13.4. The summed E-state index contributed by atoms with van der Waals surface area (Å²) in [7, 11) is 0. The van der Waals surface area contributed by atoms with E-state index in [9.17, 15) is 4.79 Å². The molecule has 1 aromatic heterocycles. The Hall–Kier alpha value is -1.33. The lowest BCUT2D eigenvalue weighted by atomic mass is 10.2. The zero-order valence-corrected chi connectivity index (χ0v) is 11.1. The predicted molar refractivity (Wildman–Crippen MR) is 71.6 cm³/mol. The second kappa shape index (κ2) is 7.89. The van der Waals surface area contributed by atoms with Crippen molar-refractivity contribution in [1.29, 1.82) is 0 Å². The molecule has 0 saturated carbocycles. The number of carboxylic acids is 1. The average Bonchev–Trinajstić information content (AvgIpc) is 2.87. The van der Waals surface area contributed by atoms with Gasteiger partial charge in [-0.2, -0.15) is 0 Å². The molecule has 0 fully saturated rings. The number of carbonyl (C=O) groups is 1. The lowest BCUT2D eigenvalue weighted by molar-refractivity contribution is -0.139. The third kappa shape index (κ3) is 4.50. The largest absolute Gasteiger partial charge is 0.480 e. The molecule has 0 aliphatic rings. The standard InChI is InChI=1S/C13H23N3O2/c1-3-16(4-2)10-6-9-15-12(13(17)18)11-7-5-8-14-11/h5,7-8,12,14-15H,3-4,6,9-10H2,1-2H3,(H,17,18). The van der Waals surface area contributed by atoms with Crippen molar-refractivity contribution in [2.24, 2.45) is 0 Å². The normalized spacial score (nSPS) is 12.8. The Morgan fingerprint density at radius 1 is 1.50 bits per heavy atom. The van der Waals surface area contributed by atoms with Crippen LogP contribution in [0.25, 0.3) is 0 Å². The van der Waals surface area contributed by atoms with Gasteiger partial charge in [0.15, 0.2) is 0 Å². The summed E-state index contributed by atoms with van der Waals surface area (Å²) in [6.07, 6.45) is 2.69. The monoisotopic (exact) mass is 253 g/mol. The molecule has 1 rings (SSSR count). The molecule has 0 aromatic carbocycles. The van der Waals surface area contributed by atoms with Gasteiger partial charge in [-0.25, -0.2) is 0 Å². The third-order valence-electron chi connectivity index (χ3n) is 3.07. The molecule has 0 radical (unpaired) electrons. The molecule has 0 aliphatic carbocycles. The third-order valence-corrected chi connectivity index (χ3v) is 3.07. The highest BCUT2D eigenvalue weighted by molar-refractivity contribution is 5.74. The maximum absolute atomic E-state index is 11.1. The fraction of sp³-hybridized carbons (Fsp3) is 0.615. The number of hydrogen-bond acceptors (Lipinski definition) is 3. The number of rotatable bonds is 9. The van der Waals surface area contributed by atoms with Crippen LogP contribution in [0.15, 0.2) is 18.3 Å². The summed E-state index contributed by atoms with van der Waals surface area (Å²) in [6, 6.07) is 2.95. The van der Waals surface area contributed by atoms with Crippen LogP contribution in [0.1, 0.15) is 32.0 Å². The fourth-order valence-electron chi connectivity index (χ4n) is 1.94. The van der Waals surface area contributed by atoms with Crippen LogP contribution in [0.4, 0.5) is 0 Å². The van der Waals surface area contributed by atoms with Crippen molar-refractivity contribution in [2.45, 2.75) is 26.3 Å². The van der Waals surface area contributed by atoms with Crippen LogP contribution in [0.2, 0.25) is 0 Å². The Morgan fingerprint density at radius 2 is 2.22 bits per heavy atom. The second-order valence-electron chi connectivity index (χ2n) is 4.23. The van der Waals surface area contributed by atoms with Gasteiger partial charge < -0.3 is 15.0 Å². The quantitative estimate of drug-likeness (QED) is 0.583. The number of aliphatic carboxylic acids is 1. The van der Waals surface area contributed by atoms with Gasteiger partial charge in [0.25, 0.3) is 0 Å². The summed E-state index contributed by atoms with van der Waals surface area (Å²) in [6.45, 7) is 8.04. The summed E-state index contributed by atoms with van der Waals surface area (Å²) in [5.41, 5.74) is 0.699. The van der Waals surface area contributed by atoms with E-state index in [0.717, 1.165) is 26.1 Å². The Kier molecular flexibility index (Phi) is 6.46. The van der Waals surface area contributed by atoms with E-state index in [1.165, 1.54) is 0 Å². The van der Waals surface area contributed by atoms with E-state index in [4.69, 9.17) is 5.11 Å². The lowest BCUT2D eigenvalue weighted by Gasteiger charge is -2.19. The van der Waals surface area contributed by atoms with Crippen LogP contribution >= 0.6 is 0 Å². The molecule has 102 valence electrons. The number of carboxylic acid groups (broad SMARTS) is 1. The van der Waals surface area contributed by atoms with Crippen LogP contribution in [0, 0.1) is 0 Å². The highest BCUT2D eigenvalue weighted by Crippen LogP contribution is 2.10. The molecule has 1 aromatic rings. The molecule has 3 N–H and O–H groups in total. The first-order chi connectivity index (χ1) is 8.69. The Bertz CT molecular complexity index is 334. The van der Waals surface area contributed by atoms with Crippen LogP contribution < -0.4 is 5.32 Å². The summed E-state index contributed by atoms with van der Waals surface area (Å²) in [5, 5.41) is 12.2. The number of nitrogens with one attached hydrogen (secondary N) is 2. The van der Waals surface area contributed by atoms with Gasteiger partial charge in [-0.05, 0) is 44.7 Å². The summed E-state index contributed by atoms with van der Waals surface area (Å²) in [4.78, 5) is 16.4. The van der Waals surface area contributed by atoms with E-state index in [-0.39, 0.29) is 0 Å². The van der Waals surface area contributed by atoms with E-state index >= 15 is 0 Å². The summed E-state index contributed by atoms with van der Waals surface area (Å²) in [5.74, 6) is -0.847. The molecular weight excluding hydrogens is 230 g/mol. The van der Waals surface area contributed by atoms with Crippen molar-refractivity contribution >= 4 is 5.97 Å². The Balaban J connectivity index is 2.33. The molecule has 0 amide bonds. The maximum Gasteiger partial charge on any atom is 0.326 e. The van der Waals surface area contributed by atoms with Crippen LogP contribution in [-0.2, 0) is 4.79 Å². The minimum Gasteiger partial charge on any atom is -0.480 e. The molecule has 1 heterocycles. The van der Waals surface area contributed by atoms with Crippen molar-refractivity contribution < 1.29 is 9.90 Å². The Labute approximate surface area is 108 Å². The van der Waals surface area contributed by atoms with Crippen molar-refractivity contribution in [3.8, 4) is 0 Å². The summed E-state index contributed by atoms with van der Waals surface area (Å²) < 4.78 is 0. The Morgan fingerprint density at radius 3 is 2.72 bits per heavy atom. The molecule has 0 saturated heterocycles. The number of H-pyrrole nitrogens is 1. The van der Waals surface area contributed by atoms with Gasteiger partial charge in [-0.1, -0.05) is 13.8 Å². The van der Waals surface area contributed by atoms with Crippen LogP contribution in [-0.4, -0.2) is 47.1 Å². The maximum atomic E-state index is 11.1. The van der Waals surface area contributed by atoms with Gasteiger partial charge in [0.1, 0.15) is 6.04 Å². The first kappa shape index (κ1) is 14.7. The van der Waals surface area contributed by atoms with Gasteiger partial charge in [-0.15, -0.1) is 0 Å². The zero-order valence-electron chi connectivity index (χ0n) is 11.1. The van der Waals surface area contributed by atoms with Crippen LogP contribution in [0.3, 0.4) is 0 Å². The van der Waals surface area contributed by atoms with E-state index in [2.05, 4.69) is 29.0 Å². The topological polar surface area (TPSA) is 68.4 Å². The van der Waals surface area contributed by atoms with Gasteiger partial charge >= 0.3 is 5.97 Å². The molecule has 1 atom stereocenters. The first-order valence-corrected chi connectivity index (χ1v) is 6.50. The highest BCUT2D eigenvalue weighted by Gasteiger charge is 2.19. The smallest absolute Gasteiger partial charge is 0.326 e. The minimum atomic E-state index is -0.847. The number of aromatic amines is 1. The number of hydrogen-bond donors (Lipinski definition) is 3. The average molecular weight is 253 g/mol. The minimum absolute atomic E-state index is 0.642. The molecule has 18 heavy (non-hydrogen) atoms. The highest BCUT2D eigenvalue weighted by atomic mass is 16.4. The van der Waals surface area contributed by atoms with Gasteiger partial charge in [-0.3, -0.25) is 10.1 Å². The van der Waals surface area contributed by atoms with E-state index in [1.807, 2.05) is 6.07 Å². The molecule has 0 aliphatic heterocycles. The summed E-state index contributed by atoms with van der Waals surface area (Å²) >= 11 is 0. The van der Waals surface area contributed by atoms with E-state index < -0.39 is 12.0 Å². The molecular formula is C13H23N3O2. The van der Waals surface area contributed by atoms with E-state index in [0.29, 0.717) is 12.2 Å². The molecule has 0 spiro atoms. The van der Waals surface area contributed by atoms with Crippen molar-refractivity contribution in [2.75, 3.05) is 26.2 Å². The first-order valence-electron chi connectivity index (χ1n) is 6.50. The molecule has 1 unspecified atom stereocenters. The van der Waals surface area contributed by atoms with Crippen molar-refractivity contribution in [1.82, 2.24) is 15.2 Å². The number of nitrogens with zero attached hydrogens (tertiary/aromatic N) is 1. The predicted octanol–water partition coefficient (Wildman–Crippen LogP) is 1.46. The molecule has 5 nitrogen and oxygen atoms in total. The fourth-order valence-corrected chi connectivity index (χ4v) is 1.94. The van der Waals surface area contributed by atoms with Crippen molar-refractivity contribution in [3.63, 3.8) is 0 Å². The number of aromatic nitrogens is 1. The van der Waals surface area contributed by atoms with Gasteiger partial charge in [0.05, 0.1) is 0 Å². The van der Waals surface area contributed by atoms with Crippen molar-refractivity contribution in [3.05, 3.63) is 24.0 Å². The SMILES string of the molecule is CCN(CC)CCCNC(C(=O)O)c1ccc[nH]1. The molecule has 5 heteroatoms. The second-order valence-corrected chi connectivity index (χ2v) is 4.23. The van der Waals surface area contributed by atoms with Gasteiger partial charge in [0.2, 0.25) is 0 Å². The van der Waals surface area contributed by atoms with Gasteiger partial charge in [0, 0.05) is 11.9 Å². The lowest BCUT2D eigenvalue weighted by Crippen LogP contribution is -2.32.